The van der Waals surface area contributed by atoms with Crippen LogP contribution in [0.4, 0.5) is 0 Å². The maximum Gasteiger partial charge on any atom is 0.315 e. The molecule has 0 spiro atoms. The molecule has 3 heterocycles. The highest BCUT2D eigenvalue weighted by atomic mass is 32.2. The molecular weight excluding hydrogens is 364 g/mol. The smallest absolute Gasteiger partial charge is 0.315 e. The van der Waals surface area contributed by atoms with Crippen molar-refractivity contribution in [1.82, 2.24) is 30.5 Å². The minimum absolute atomic E-state index is 0.177. The molecule has 9 heteroatoms. The predicted octanol–water partition coefficient (Wildman–Crippen LogP) is 2.06. The third kappa shape index (κ3) is 4.15. The zero-order chi connectivity index (χ0) is 18.5. The largest absolute Gasteiger partial charge is 0.447 e. The molecule has 0 saturated heterocycles. The van der Waals surface area contributed by atoms with Crippen LogP contribution in [0.2, 0.25) is 0 Å². The molecule has 8 nitrogen and oxygen atoms in total. The van der Waals surface area contributed by atoms with E-state index in [0.29, 0.717) is 19.0 Å². The molecular formula is C18H19N6O2S. The number of fused-ring (bicyclic) bond motifs is 1. The number of carbonyl (C=O) groups excluding carboxylic acids is 1. The zero-order valence-corrected chi connectivity index (χ0v) is 15.3. The lowest BCUT2D eigenvalue weighted by Gasteiger charge is -2.27. The molecule has 0 fully saturated rings. The van der Waals surface area contributed by atoms with E-state index in [1.54, 1.807) is 30.6 Å². The van der Waals surface area contributed by atoms with E-state index in [0.717, 1.165) is 35.6 Å². The number of aromatic nitrogens is 3. The first kappa shape index (κ1) is 17.6. The standard InChI is InChI=1S/C18H19N6O2S/c25-12-21-16-11-27-18(24(16)10-17-20-7-8-26-17)5-6-19-9-15-22-13-3-1-2-4-14(13)23-15/h1-4,7-8,11,18-19H,5-6,9-10H2,(H,21,25)(H,22,23). The molecule has 0 bridgehead atoms. The molecule has 1 atom stereocenters. The van der Waals surface area contributed by atoms with Crippen LogP contribution < -0.4 is 10.6 Å². The number of H-pyrrole nitrogens is 1. The van der Waals surface area contributed by atoms with Crippen LogP contribution in [0, 0.1) is 0 Å². The quantitative estimate of drug-likeness (QED) is 0.384. The van der Waals surface area contributed by atoms with Gasteiger partial charge in [-0.15, -0.1) is 11.8 Å². The summed E-state index contributed by atoms with van der Waals surface area (Å²) >= 11 is 1.66. The van der Waals surface area contributed by atoms with Gasteiger partial charge in [-0.25, -0.2) is 9.97 Å². The van der Waals surface area contributed by atoms with Gasteiger partial charge in [-0.05, 0) is 25.1 Å². The normalized spacial score (nSPS) is 16.7. The van der Waals surface area contributed by atoms with Crippen LogP contribution in [0.1, 0.15) is 18.1 Å². The lowest BCUT2D eigenvalue weighted by Crippen LogP contribution is -2.35. The highest BCUT2D eigenvalue weighted by molar-refractivity contribution is 8.02. The van der Waals surface area contributed by atoms with Gasteiger partial charge in [0, 0.05) is 5.41 Å². The summed E-state index contributed by atoms with van der Waals surface area (Å²) in [6.45, 7) is 1.98. The number of thioether (sulfide) groups is 1. The van der Waals surface area contributed by atoms with Crippen molar-refractivity contribution >= 4 is 29.2 Å². The van der Waals surface area contributed by atoms with Crippen LogP contribution in [0.5, 0.6) is 0 Å². The number of hydrogen-bond acceptors (Lipinski definition) is 7. The summed E-state index contributed by atoms with van der Waals surface area (Å²) in [7, 11) is 0. The minimum atomic E-state index is 0.177. The summed E-state index contributed by atoms with van der Waals surface area (Å²) in [5.41, 5.74) is 2.02. The van der Waals surface area contributed by atoms with Gasteiger partial charge in [-0.1, -0.05) is 12.1 Å². The average Bonchev–Trinajstić information content (AvgIpc) is 3.41. The minimum Gasteiger partial charge on any atom is -0.447 e. The number of benzene rings is 1. The summed E-state index contributed by atoms with van der Waals surface area (Å²) in [4.78, 5) is 24.8. The van der Waals surface area contributed by atoms with Crippen molar-refractivity contribution in [3.8, 4) is 0 Å². The van der Waals surface area contributed by atoms with Crippen molar-refractivity contribution in [2.75, 3.05) is 6.54 Å². The van der Waals surface area contributed by atoms with Crippen LogP contribution in [-0.2, 0) is 17.9 Å². The fraction of sp³-hybridized carbons (Fsp3) is 0.278. The van der Waals surface area contributed by atoms with Crippen LogP contribution >= 0.6 is 11.8 Å². The Balaban J connectivity index is 1.30. The number of hydrogen-bond donors (Lipinski definition) is 3. The molecule has 1 unspecified atom stereocenters. The zero-order valence-electron chi connectivity index (χ0n) is 14.5. The Morgan fingerprint density at radius 2 is 2.30 bits per heavy atom. The topological polar surface area (TPSA) is 99.1 Å². The second kappa shape index (κ2) is 8.28. The van der Waals surface area contributed by atoms with Gasteiger partial charge >= 0.3 is 6.41 Å². The first-order valence-electron chi connectivity index (χ1n) is 8.61. The third-order valence-corrected chi connectivity index (χ3v) is 5.42. The van der Waals surface area contributed by atoms with Crippen molar-refractivity contribution in [2.24, 2.45) is 0 Å². The van der Waals surface area contributed by atoms with Crippen molar-refractivity contribution in [3.63, 3.8) is 0 Å². The average molecular weight is 383 g/mol. The number of amides is 1. The second-order valence-corrected chi connectivity index (χ2v) is 7.09. The van der Waals surface area contributed by atoms with Crippen molar-refractivity contribution in [1.29, 1.82) is 0 Å². The highest BCUT2D eigenvalue weighted by Crippen LogP contribution is 2.32. The van der Waals surface area contributed by atoms with Gasteiger partial charge in [0.05, 0.1) is 35.7 Å². The van der Waals surface area contributed by atoms with Gasteiger partial charge in [0.1, 0.15) is 17.9 Å². The summed E-state index contributed by atoms with van der Waals surface area (Å²) in [5, 5.41) is 8.15. The van der Waals surface area contributed by atoms with E-state index in [2.05, 4.69) is 30.5 Å². The Labute approximate surface area is 160 Å². The van der Waals surface area contributed by atoms with Gasteiger partial charge in [0.15, 0.2) is 0 Å². The van der Waals surface area contributed by atoms with E-state index < -0.39 is 0 Å². The molecule has 139 valence electrons. The fourth-order valence-electron chi connectivity index (χ4n) is 3.00. The monoisotopic (exact) mass is 383 g/mol. The summed E-state index contributed by atoms with van der Waals surface area (Å²) < 4.78 is 5.34. The number of para-hydroxylation sites is 2. The van der Waals surface area contributed by atoms with Crippen LogP contribution in [-0.4, -0.2) is 38.2 Å². The molecule has 0 aliphatic carbocycles. The van der Waals surface area contributed by atoms with Crippen LogP contribution in [0.3, 0.4) is 0 Å². The summed E-state index contributed by atoms with van der Waals surface area (Å²) in [6, 6.07) is 7.99. The van der Waals surface area contributed by atoms with Gasteiger partial charge in [-0.3, -0.25) is 4.79 Å². The molecule has 27 heavy (non-hydrogen) atoms. The Kier molecular flexibility index (Phi) is 5.40. The SMILES string of the molecule is O=[C]NC1=CSC(CCNCc2nc3ccccc3[nH]2)N1Cc1ncco1. The van der Waals surface area contributed by atoms with E-state index in [-0.39, 0.29) is 5.37 Å². The fourth-order valence-corrected chi connectivity index (χ4v) is 4.07. The number of oxazole rings is 1. The molecule has 4 rings (SSSR count). The van der Waals surface area contributed by atoms with Crippen molar-refractivity contribution in [2.45, 2.75) is 24.9 Å². The van der Waals surface area contributed by atoms with E-state index in [1.165, 1.54) is 0 Å². The van der Waals surface area contributed by atoms with Crippen LogP contribution in [0.15, 0.2) is 52.4 Å². The number of aromatic amines is 1. The molecule has 1 aromatic carbocycles. The first-order valence-corrected chi connectivity index (χ1v) is 9.56. The van der Waals surface area contributed by atoms with E-state index in [1.807, 2.05) is 29.7 Å². The molecule has 1 radical (unpaired) electrons. The first-order chi connectivity index (χ1) is 13.3. The number of rotatable bonds is 9. The Bertz CT molecular complexity index is 890. The maximum atomic E-state index is 10.7. The third-order valence-electron chi connectivity index (χ3n) is 4.26. The van der Waals surface area contributed by atoms with Gasteiger partial charge < -0.3 is 24.9 Å². The van der Waals surface area contributed by atoms with Gasteiger partial charge in [-0.2, -0.15) is 0 Å². The van der Waals surface area contributed by atoms with Crippen molar-refractivity contribution < 1.29 is 9.21 Å². The lowest BCUT2D eigenvalue weighted by molar-refractivity contribution is 0.267. The molecule has 0 saturated carbocycles. The molecule has 1 amide bonds. The molecule has 3 aromatic rings. The molecule has 3 N–H and O–H groups in total. The maximum absolute atomic E-state index is 10.7. The summed E-state index contributed by atoms with van der Waals surface area (Å²) in [6.07, 6.45) is 5.78. The second-order valence-electron chi connectivity index (χ2n) is 6.04. The summed E-state index contributed by atoms with van der Waals surface area (Å²) in [5.74, 6) is 2.25. The van der Waals surface area contributed by atoms with Crippen LogP contribution in [0.25, 0.3) is 11.0 Å². The number of nitrogens with zero attached hydrogens (tertiary/aromatic N) is 3. The van der Waals surface area contributed by atoms with Gasteiger partial charge in [0.25, 0.3) is 0 Å². The number of nitrogens with one attached hydrogen (secondary N) is 3. The lowest BCUT2D eigenvalue weighted by atomic mass is 10.3. The van der Waals surface area contributed by atoms with E-state index in [4.69, 9.17) is 4.42 Å². The van der Waals surface area contributed by atoms with E-state index in [9.17, 15) is 4.79 Å². The molecule has 1 aliphatic heterocycles. The van der Waals surface area contributed by atoms with Crippen molar-refractivity contribution in [3.05, 3.63) is 59.7 Å². The predicted molar refractivity (Wildman–Crippen MR) is 103 cm³/mol. The number of imidazole rings is 1. The Morgan fingerprint density at radius 3 is 3.11 bits per heavy atom. The van der Waals surface area contributed by atoms with E-state index >= 15 is 0 Å². The Hall–Kier alpha value is -2.78. The molecule has 1 aliphatic rings. The van der Waals surface area contributed by atoms with Gasteiger partial charge in [0.2, 0.25) is 5.89 Å². The highest BCUT2D eigenvalue weighted by Gasteiger charge is 2.27. The molecule has 2 aromatic heterocycles. The Morgan fingerprint density at radius 1 is 1.37 bits per heavy atom.